The number of nitrogens with zero attached hydrogens (tertiary/aromatic N) is 3. The SMILES string of the molecule is CC(OC(=O)C1(Cc2nc3ccccc3s2)CCCC1)c1nnc(-c2ccccc2)o1. The van der Waals surface area contributed by atoms with Gasteiger partial charge in [-0.2, -0.15) is 0 Å². The van der Waals surface area contributed by atoms with E-state index in [4.69, 9.17) is 14.1 Å². The van der Waals surface area contributed by atoms with Crippen molar-refractivity contribution < 1.29 is 13.9 Å². The third-order valence-corrected chi connectivity index (χ3v) is 6.95. The summed E-state index contributed by atoms with van der Waals surface area (Å²) in [6, 6.07) is 17.6. The molecule has 7 heteroatoms. The van der Waals surface area contributed by atoms with Crippen LogP contribution in [0.2, 0.25) is 0 Å². The first-order valence-electron chi connectivity index (χ1n) is 10.6. The molecule has 0 bridgehead atoms. The Morgan fingerprint density at radius 1 is 1.10 bits per heavy atom. The Labute approximate surface area is 184 Å². The minimum Gasteiger partial charge on any atom is -0.452 e. The number of thiazole rings is 1. The zero-order valence-electron chi connectivity index (χ0n) is 17.3. The van der Waals surface area contributed by atoms with Gasteiger partial charge in [0.05, 0.1) is 20.6 Å². The van der Waals surface area contributed by atoms with Gasteiger partial charge in [0.25, 0.3) is 5.89 Å². The van der Waals surface area contributed by atoms with Gasteiger partial charge >= 0.3 is 5.97 Å². The van der Waals surface area contributed by atoms with Gasteiger partial charge in [-0.05, 0) is 44.0 Å². The molecule has 0 radical (unpaired) electrons. The monoisotopic (exact) mass is 433 g/mol. The van der Waals surface area contributed by atoms with Crippen LogP contribution in [0.15, 0.2) is 59.0 Å². The summed E-state index contributed by atoms with van der Waals surface area (Å²) >= 11 is 1.66. The van der Waals surface area contributed by atoms with Crippen molar-refractivity contribution >= 4 is 27.5 Å². The molecule has 2 aromatic carbocycles. The molecule has 2 heterocycles. The van der Waals surface area contributed by atoms with Gasteiger partial charge in [-0.3, -0.25) is 4.79 Å². The molecule has 0 spiro atoms. The number of fused-ring (bicyclic) bond motifs is 1. The first-order chi connectivity index (χ1) is 15.1. The lowest BCUT2D eigenvalue weighted by atomic mass is 9.83. The highest BCUT2D eigenvalue weighted by Crippen LogP contribution is 2.44. The Morgan fingerprint density at radius 3 is 2.61 bits per heavy atom. The molecule has 1 saturated carbocycles. The van der Waals surface area contributed by atoms with Crippen LogP contribution >= 0.6 is 11.3 Å². The smallest absolute Gasteiger partial charge is 0.313 e. The number of esters is 1. The zero-order chi connectivity index (χ0) is 21.3. The normalized spacial score (nSPS) is 16.4. The average molecular weight is 434 g/mol. The van der Waals surface area contributed by atoms with Crippen molar-refractivity contribution in [1.29, 1.82) is 0 Å². The number of carbonyl (C=O) groups is 1. The Balaban J connectivity index is 1.33. The first-order valence-corrected chi connectivity index (χ1v) is 11.4. The topological polar surface area (TPSA) is 78.1 Å². The Kier molecular flexibility index (Phi) is 5.28. The van der Waals surface area contributed by atoms with Crippen molar-refractivity contribution in [2.45, 2.75) is 45.1 Å². The molecule has 6 nitrogen and oxygen atoms in total. The van der Waals surface area contributed by atoms with Crippen LogP contribution in [0.5, 0.6) is 0 Å². The number of rotatable bonds is 6. The largest absolute Gasteiger partial charge is 0.452 e. The van der Waals surface area contributed by atoms with Gasteiger partial charge in [0, 0.05) is 12.0 Å². The minimum atomic E-state index is -0.606. The fourth-order valence-corrected chi connectivity index (χ4v) is 5.33. The van der Waals surface area contributed by atoms with Crippen molar-refractivity contribution in [3.63, 3.8) is 0 Å². The maximum Gasteiger partial charge on any atom is 0.313 e. The van der Waals surface area contributed by atoms with E-state index >= 15 is 0 Å². The number of carbonyl (C=O) groups excluding carboxylic acids is 1. The quantitative estimate of drug-likeness (QED) is 0.360. The minimum absolute atomic E-state index is 0.198. The van der Waals surface area contributed by atoms with E-state index in [0.29, 0.717) is 18.2 Å². The van der Waals surface area contributed by atoms with Crippen LogP contribution in [0.3, 0.4) is 0 Å². The fourth-order valence-electron chi connectivity index (χ4n) is 4.22. The van der Waals surface area contributed by atoms with Gasteiger partial charge in [-0.25, -0.2) is 4.98 Å². The zero-order valence-corrected chi connectivity index (χ0v) is 18.1. The molecule has 1 atom stereocenters. The maximum absolute atomic E-state index is 13.3. The maximum atomic E-state index is 13.3. The predicted molar refractivity (Wildman–Crippen MR) is 118 cm³/mol. The molecular weight excluding hydrogens is 410 g/mol. The summed E-state index contributed by atoms with van der Waals surface area (Å²) in [5.41, 5.74) is 1.28. The summed E-state index contributed by atoms with van der Waals surface area (Å²) in [5.74, 6) is 0.528. The molecule has 0 saturated heterocycles. The van der Waals surface area contributed by atoms with Crippen LogP contribution in [-0.4, -0.2) is 21.2 Å². The average Bonchev–Trinajstić information content (AvgIpc) is 3.54. The van der Waals surface area contributed by atoms with E-state index in [2.05, 4.69) is 16.3 Å². The van der Waals surface area contributed by atoms with Crippen molar-refractivity contribution in [2.24, 2.45) is 5.41 Å². The van der Waals surface area contributed by atoms with Crippen LogP contribution in [0.1, 0.15) is 49.6 Å². The molecule has 158 valence electrons. The summed E-state index contributed by atoms with van der Waals surface area (Å²) < 4.78 is 12.8. The number of hydrogen-bond donors (Lipinski definition) is 0. The molecule has 0 aliphatic heterocycles. The van der Waals surface area contributed by atoms with E-state index in [0.717, 1.165) is 46.5 Å². The van der Waals surface area contributed by atoms with Gasteiger partial charge < -0.3 is 9.15 Å². The molecule has 1 unspecified atom stereocenters. The lowest BCUT2D eigenvalue weighted by Crippen LogP contribution is -2.33. The van der Waals surface area contributed by atoms with E-state index in [1.54, 1.807) is 18.3 Å². The highest BCUT2D eigenvalue weighted by Gasteiger charge is 2.44. The Bertz CT molecular complexity index is 1160. The van der Waals surface area contributed by atoms with E-state index < -0.39 is 11.5 Å². The van der Waals surface area contributed by atoms with Crippen molar-refractivity contribution in [3.05, 3.63) is 65.5 Å². The van der Waals surface area contributed by atoms with Crippen LogP contribution in [0, 0.1) is 5.41 Å². The third kappa shape index (κ3) is 3.97. The van der Waals surface area contributed by atoms with Gasteiger partial charge in [0.2, 0.25) is 5.89 Å². The van der Waals surface area contributed by atoms with Crippen molar-refractivity contribution in [2.75, 3.05) is 0 Å². The fraction of sp³-hybridized carbons (Fsp3) is 0.333. The van der Waals surface area contributed by atoms with E-state index in [9.17, 15) is 4.79 Å². The summed E-state index contributed by atoms with van der Waals surface area (Å²) in [6.45, 7) is 1.78. The first kappa shape index (κ1) is 19.9. The van der Waals surface area contributed by atoms with Crippen LogP contribution < -0.4 is 0 Å². The number of aromatic nitrogens is 3. The van der Waals surface area contributed by atoms with Gasteiger partial charge in [-0.15, -0.1) is 21.5 Å². The second kappa shape index (κ2) is 8.23. The van der Waals surface area contributed by atoms with Gasteiger partial charge in [0.15, 0.2) is 6.10 Å². The van der Waals surface area contributed by atoms with Crippen molar-refractivity contribution in [1.82, 2.24) is 15.2 Å². The summed E-state index contributed by atoms with van der Waals surface area (Å²) in [5, 5.41) is 9.19. The molecule has 1 aliphatic rings. The predicted octanol–water partition coefficient (Wildman–Crippen LogP) is 5.75. The molecule has 1 aliphatic carbocycles. The molecule has 0 N–H and O–H groups in total. The molecule has 31 heavy (non-hydrogen) atoms. The Hall–Kier alpha value is -3.06. The molecule has 5 rings (SSSR count). The number of benzene rings is 2. The summed E-state index contributed by atoms with van der Waals surface area (Å²) in [7, 11) is 0. The molecule has 1 fully saturated rings. The van der Waals surface area contributed by atoms with Crippen LogP contribution in [0.4, 0.5) is 0 Å². The molecule has 0 amide bonds. The lowest BCUT2D eigenvalue weighted by Gasteiger charge is -2.26. The molecule has 2 aromatic heterocycles. The summed E-state index contributed by atoms with van der Waals surface area (Å²) in [4.78, 5) is 18.1. The van der Waals surface area contributed by atoms with E-state index in [1.807, 2.05) is 48.5 Å². The second-order valence-electron chi connectivity index (χ2n) is 8.10. The highest BCUT2D eigenvalue weighted by molar-refractivity contribution is 7.18. The molecular formula is C24H23N3O3S. The van der Waals surface area contributed by atoms with Gasteiger partial charge in [-0.1, -0.05) is 43.2 Å². The number of para-hydroxylation sites is 1. The van der Waals surface area contributed by atoms with Gasteiger partial charge in [0.1, 0.15) is 0 Å². The molecule has 4 aromatic rings. The van der Waals surface area contributed by atoms with Crippen LogP contribution in [0.25, 0.3) is 21.7 Å². The van der Waals surface area contributed by atoms with E-state index in [1.165, 1.54) is 0 Å². The lowest BCUT2D eigenvalue weighted by molar-refractivity contribution is -0.162. The number of hydrogen-bond acceptors (Lipinski definition) is 7. The standard InChI is InChI=1S/C24H23N3O3S/c1-16(21-26-27-22(30-21)17-9-3-2-4-10-17)29-23(28)24(13-7-8-14-24)15-20-25-18-11-5-6-12-19(18)31-20/h2-6,9-12,16H,7-8,13-15H2,1H3. The Morgan fingerprint density at radius 2 is 1.84 bits per heavy atom. The van der Waals surface area contributed by atoms with Crippen molar-refractivity contribution in [3.8, 4) is 11.5 Å². The summed E-state index contributed by atoms with van der Waals surface area (Å²) in [6.07, 6.45) is 3.67. The second-order valence-corrected chi connectivity index (χ2v) is 9.21. The highest BCUT2D eigenvalue weighted by atomic mass is 32.1. The third-order valence-electron chi connectivity index (χ3n) is 5.91. The van der Waals surface area contributed by atoms with Crippen LogP contribution in [-0.2, 0) is 16.0 Å². The van der Waals surface area contributed by atoms with E-state index in [-0.39, 0.29) is 5.97 Å². The number of ether oxygens (including phenoxy) is 1.